The van der Waals surface area contributed by atoms with Gasteiger partial charge in [-0.15, -0.1) is 11.3 Å². The summed E-state index contributed by atoms with van der Waals surface area (Å²) in [6.07, 6.45) is 4.86. The van der Waals surface area contributed by atoms with E-state index < -0.39 is 5.97 Å². The standard InChI is InChI=1S/C14H17N3O2S/c1-2-9-5-10-13(15-7-16-14(10)20-9)17-11(6-12(18)19)8-3-4-8/h5,7-8,11H,2-4,6H2,1H3,(H,18,19)(H,15,16,17). The molecule has 2 heterocycles. The number of carboxylic acid groups (broad SMARTS) is 1. The van der Waals surface area contributed by atoms with Crippen molar-refractivity contribution in [2.75, 3.05) is 5.32 Å². The molecule has 0 aliphatic heterocycles. The Hall–Kier alpha value is -1.69. The average Bonchev–Trinajstić information content (AvgIpc) is 3.17. The highest BCUT2D eigenvalue weighted by molar-refractivity contribution is 7.18. The van der Waals surface area contributed by atoms with Gasteiger partial charge < -0.3 is 10.4 Å². The Kier molecular flexibility index (Phi) is 3.56. The molecule has 1 aliphatic rings. The molecule has 1 fully saturated rings. The smallest absolute Gasteiger partial charge is 0.305 e. The number of fused-ring (bicyclic) bond motifs is 1. The van der Waals surface area contributed by atoms with Crippen LogP contribution in [-0.2, 0) is 11.2 Å². The van der Waals surface area contributed by atoms with Crippen molar-refractivity contribution < 1.29 is 9.90 Å². The van der Waals surface area contributed by atoms with Gasteiger partial charge in [0.25, 0.3) is 0 Å². The summed E-state index contributed by atoms with van der Waals surface area (Å²) >= 11 is 1.67. The number of anilines is 1. The molecule has 1 aliphatic carbocycles. The maximum Gasteiger partial charge on any atom is 0.305 e. The number of carbonyl (C=O) groups is 1. The van der Waals surface area contributed by atoms with Crippen molar-refractivity contribution in [3.05, 3.63) is 17.3 Å². The summed E-state index contributed by atoms with van der Waals surface area (Å²) < 4.78 is 0. The average molecular weight is 291 g/mol. The molecule has 2 aromatic rings. The summed E-state index contributed by atoms with van der Waals surface area (Å²) in [6.45, 7) is 2.11. The predicted molar refractivity (Wildman–Crippen MR) is 79.2 cm³/mol. The number of aromatic nitrogens is 2. The van der Waals surface area contributed by atoms with E-state index in [0.717, 1.165) is 35.3 Å². The van der Waals surface area contributed by atoms with E-state index in [2.05, 4.69) is 28.3 Å². The number of aliphatic carboxylic acids is 1. The number of aryl methyl sites for hydroxylation is 1. The van der Waals surface area contributed by atoms with E-state index in [1.807, 2.05) is 0 Å². The minimum absolute atomic E-state index is 0.0319. The molecule has 0 amide bonds. The Labute approximate surface area is 121 Å². The van der Waals surface area contributed by atoms with Crippen LogP contribution in [0.4, 0.5) is 5.82 Å². The molecule has 5 nitrogen and oxygen atoms in total. The second kappa shape index (κ2) is 5.36. The molecule has 20 heavy (non-hydrogen) atoms. The zero-order valence-electron chi connectivity index (χ0n) is 11.3. The maximum atomic E-state index is 11.0. The summed E-state index contributed by atoms with van der Waals surface area (Å²) in [4.78, 5) is 21.8. The first-order chi connectivity index (χ1) is 9.67. The predicted octanol–water partition coefficient (Wildman–Crippen LogP) is 2.92. The molecule has 6 heteroatoms. The van der Waals surface area contributed by atoms with E-state index in [-0.39, 0.29) is 12.5 Å². The first-order valence-corrected chi connectivity index (χ1v) is 7.70. The quantitative estimate of drug-likeness (QED) is 0.856. The number of hydrogen-bond donors (Lipinski definition) is 2. The van der Waals surface area contributed by atoms with E-state index in [0.29, 0.717) is 5.92 Å². The van der Waals surface area contributed by atoms with Crippen molar-refractivity contribution in [2.24, 2.45) is 5.92 Å². The van der Waals surface area contributed by atoms with Crippen molar-refractivity contribution in [1.82, 2.24) is 9.97 Å². The number of nitrogens with one attached hydrogen (secondary N) is 1. The van der Waals surface area contributed by atoms with Gasteiger partial charge in [0.05, 0.1) is 11.8 Å². The molecule has 2 N–H and O–H groups in total. The fourth-order valence-corrected chi connectivity index (χ4v) is 3.33. The minimum atomic E-state index is -0.765. The van der Waals surface area contributed by atoms with Gasteiger partial charge in [0.2, 0.25) is 0 Å². The third kappa shape index (κ3) is 2.75. The second-order valence-corrected chi connectivity index (χ2v) is 6.31. The van der Waals surface area contributed by atoms with Gasteiger partial charge >= 0.3 is 5.97 Å². The van der Waals surface area contributed by atoms with Crippen molar-refractivity contribution >= 4 is 33.3 Å². The number of carboxylic acids is 1. The van der Waals surface area contributed by atoms with Gasteiger partial charge in [-0.05, 0) is 31.2 Å². The Morgan fingerprint density at radius 2 is 2.35 bits per heavy atom. The molecule has 1 unspecified atom stereocenters. The van der Waals surface area contributed by atoms with Crippen LogP contribution in [0.2, 0.25) is 0 Å². The van der Waals surface area contributed by atoms with Crippen molar-refractivity contribution in [2.45, 2.75) is 38.6 Å². The highest BCUT2D eigenvalue weighted by Gasteiger charge is 2.33. The lowest BCUT2D eigenvalue weighted by atomic mass is 10.1. The lowest BCUT2D eigenvalue weighted by Gasteiger charge is -2.17. The second-order valence-electron chi connectivity index (χ2n) is 5.19. The zero-order valence-corrected chi connectivity index (χ0v) is 12.1. The van der Waals surface area contributed by atoms with Crippen LogP contribution in [0.1, 0.15) is 31.1 Å². The highest BCUT2D eigenvalue weighted by Crippen LogP contribution is 2.37. The van der Waals surface area contributed by atoms with Gasteiger partial charge in [0.1, 0.15) is 17.0 Å². The van der Waals surface area contributed by atoms with Crippen LogP contribution in [0, 0.1) is 5.92 Å². The molecule has 0 spiro atoms. The Bertz CT molecular complexity index is 636. The number of thiophene rings is 1. The number of rotatable bonds is 6. The Morgan fingerprint density at radius 1 is 1.55 bits per heavy atom. The van der Waals surface area contributed by atoms with Crippen molar-refractivity contribution in [3.63, 3.8) is 0 Å². The molecular weight excluding hydrogens is 274 g/mol. The number of hydrogen-bond acceptors (Lipinski definition) is 5. The molecule has 3 rings (SSSR count). The van der Waals surface area contributed by atoms with Crippen LogP contribution >= 0.6 is 11.3 Å². The monoisotopic (exact) mass is 291 g/mol. The molecule has 0 saturated heterocycles. The van der Waals surface area contributed by atoms with Crippen LogP contribution in [0.25, 0.3) is 10.2 Å². The summed E-state index contributed by atoms with van der Waals surface area (Å²) in [5, 5.41) is 13.4. The van der Waals surface area contributed by atoms with Gasteiger partial charge in [0.15, 0.2) is 0 Å². The SMILES string of the molecule is CCc1cc2c(NC(CC(=O)O)C3CC3)ncnc2s1. The Balaban J connectivity index is 1.88. The lowest BCUT2D eigenvalue weighted by molar-refractivity contribution is -0.137. The van der Waals surface area contributed by atoms with E-state index in [9.17, 15) is 4.79 Å². The van der Waals surface area contributed by atoms with Gasteiger partial charge in [-0.25, -0.2) is 9.97 Å². The first kappa shape index (κ1) is 13.3. The van der Waals surface area contributed by atoms with E-state index in [4.69, 9.17) is 5.11 Å². The third-order valence-corrected chi connectivity index (χ3v) is 4.82. The molecule has 1 atom stereocenters. The van der Waals surface area contributed by atoms with E-state index >= 15 is 0 Å². The topological polar surface area (TPSA) is 75.1 Å². The van der Waals surface area contributed by atoms with Crippen molar-refractivity contribution in [1.29, 1.82) is 0 Å². The molecule has 0 bridgehead atoms. The molecule has 1 saturated carbocycles. The fourth-order valence-electron chi connectivity index (χ4n) is 2.39. The largest absolute Gasteiger partial charge is 0.481 e. The van der Waals surface area contributed by atoms with Crippen LogP contribution in [0.15, 0.2) is 12.4 Å². The molecule has 106 valence electrons. The fraction of sp³-hybridized carbons (Fsp3) is 0.500. The van der Waals surface area contributed by atoms with Crippen LogP contribution in [0.5, 0.6) is 0 Å². The summed E-state index contributed by atoms with van der Waals surface area (Å²) in [6, 6.07) is 2.07. The number of nitrogens with zero attached hydrogens (tertiary/aromatic N) is 2. The molecule has 2 aromatic heterocycles. The van der Waals surface area contributed by atoms with Gasteiger partial charge in [-0.3, -0.25) is 4.79 Å². The highest BCUT2D eigenvalue weighted by atomic mass is 32.1. The van der Waals surface area contributed by atoms with Gasteiger partial charge in [-0.1, -0.05) is 6.92 Å². The molecule has 0 radical (unpaired) electrons. The lowest BCUT2D eigenvalue weighted by Crippen LogP contribution is -2.25. The zero-order chi connectivity index (χ0) is 14.1. The third-order valence-electron chi connectivity index (χ3n) is 3.64. The van der Waals surface area contributed by atoms with E-state index in [1.54, 1.807) is 17.7 Å². The Morgan fingerprint density at radius 3 is 3.00 bits per heavy atom. The van der Waals surface area contributed by atoms with Crippen LogP contribution in [0.3, 0.4) is 0 Å². The first-order valence-electron chi connectivity index (χ1n) is 6.89. The summed E-state index contributed by atoms with van der Waals surface area (Å²) in [5.41, 5.74) is 0. The van der Waals surface area contributed by atoms with Crippen LogP contribution in [-0.4, -0.2) is 27.1 Å². The normalized spacial score (nSPS) is 16.2. The molecular formula is C14H17N3O2S. The minimum Gasteiger partial charge on any atom is -0.481 e. The van der Waals surface area contributed by atoms with Gasteiger partial charge in [-0.2, -0.15) is 0 Å². The van der Waals surface area contributed by atoms with Crippen molar-refractivity contribution in [3.8, 4) is 0 Å². The summed E-state index contributed by atoms with van der Waals surface area (Å²) in [7, 11) is 0. The summed E-state index contributed by atoms with van der Waals surface area (Å²) in [5.74, 6) is 0.462. The maximum absolute atomic E-state index is 11.0. The van der Waals surface area contributed by atoms with Gasteiger partial charge in [0, 0.05) is 10.9 Å². The van der Waals surface area contributed by atoms with E-state index in [1.165, 1.54) is 4.88 Å². The molecule has 0 aromatic carbocycles. The van der Waals surface area contributed by atoms with Crippen LogP contribution < -0.4 is 5.32 Å².